The molecule has 0 amide bonds. The van der Waals surface area contributed by atoms with Crippen LogP contribution in [0.1, 0.15) is 5.56 Å². The predicted molar refractivity (Wildman–Crippen MR) is 95.5 cm³/mol. The molecule has 0 atom stereocenters. The molecule has 0 saturated heterocycles. The number of phenolic OH excluding ortho intramolecular Hbond substituents is 1. The molecule has 2 heterocycles. The zero-order valence-electron chi connectivity index (χ0n) is 13.6. The van der Waals surface area contributed by atoms with Crippen LogP contribution in [0.3, 0.4) is 0 Å². The molecule has 0 aliphatic heterocycles. The molecule has 26 heavy (non-hydrogen) atoms. The molecule has 0 fully saturated rings. The number of methoxy groups -OCH3 is 1. The molecular formula is C18H13FN4O3. The van der Waals surface area contributed by atoms with Crippen molar-refractivity contribution >= 4 is 28.2 Å². The fourth-order valence-electron chi connectivity index (χ4n) is 2.69. The highest BCUT2D eigenvalue weighted by Crippen LogP contribution is 2.23. The summed E-state index contributed by atoms with van der Waals surface area (Å²) in [5.41, 5.74) is 1.15. The molecule has 2 aromatic heterocycles. The molecule has 0 aliphatic rings. The lowest BCUT2D eigenvalue weighted by atomic mass is 10.2. The topological polar surface area (TPSA) is 92.5 Å². The number of ether oxygens (including phenoxy) is 1. The van der Waals surface area contributed by atoms with E-state index in [2.05, 4.69) is 15.1 Å². The largest absolute Gasteiger partial charge is 0.507 e. The first kappa shape index (κ1) is 15.8. The Hall–Kier alpha value is -3.68. The third-order valence-electron chi connectivity index (χ3n) is 4.01. The van der Waals surface area contributed by atoms with E-state index < -0.39 is 11.4 Å². The van der Waals surface area contributed by atoms with Crippen molar-refractivity contribution in [3.8, 4) is 11.5 Å². The van der Waals surface area contributed by atoms with Gasteiger partial charge in [-0.3, -0.25) is 4.79 Å². The molecular weight excluding hydrogens is 339 g/mol. The standard InChI is InChI=1S/C18H13FN4O3/c1-26-12-3-5-15(24)10(6-12)8-21-23-9-20-16-13-7-11(19)2-4-14(13)22-17(16)18(23)25/h2-9,22,24H,1H3/b21-8+. The number of H-pyrrole nitrogens is 1. The van der Waals surface area contributed by atoms with E-state index in [0.29, 0.717) is 27.7 Å². The van der Waals surface area contributed by atoms with Gasteiger partial charge in [0.1, 0.15) is 34.7 Å². The second-order valence-corrected chi connectivity index (χ2v) is 5.60. The van der Waals surface area contributed by atoms with Crippen LogP contribution >= 0.6 is 0 Å². The number of nitrogens with one attached hydrogen (secondary N) is 1. The summed E-state index contributed by atoms with van der Waals surface area (Å²) in [6.45, 7) is 0. The fraction of sp³-hybridized carbons (Fsp3) is 0.0556. The normalized spacial score (nSPS) is 11.6. The number of aromatic nitrogens is 3. The fourth-order valence-corrected chi connectivity index (χ4v) is 2.69. The lowest BCUT2D eigenvalue weighted by molar-refractivity contribution is 0.412. The molecule has 4 aromatic rings. The number of rotatable bonds is 3. The van der Waals surface area contributed by atoms with Gasteiger partial charge in [0.2, 0.25) is 0 Å². The highest BCUT2D eigenvalue weighted by molar-refractivity contribution is 6.04. The maximum Gasteiger partial charge on any atom is 0.298 e. The molecule has 7 nitrogen and oxygen atoms in total. The average molecular weight is 352 g/mol. The van der Waals surface area contributed by atoms with Crippen LogP contribution in [0.4, 0.5) is 4.39 Å². The third kappa shape index (κ3) is 2.57. The van der Waals surface area contributed by atoms with E-state index in [4.69, 9.17) is 4.74 Å². The first-order valence-electron chi connectivity index (χ1n) is 7.67. The van der Waals surface area contributed by atoms with Crippen LogP contribution in [-0.4, -0.2) is 33.1 Å². The third-order valence-corrected chi connectivity index (χ3v) is 4.01. The van der Waals surface area contributed by atoms with Crippen LogP contribution in [0.15, 0.2) is 52.6 Å². The molecule has 0 unspecified atom stereocenters. The van der Waals surface area contributed by atoms with Gasteiger partial charge in [-0.25, -0.2) is 9.37 Å². The Morgan fingerprint density at radius 1 is 1.31 bits per heavy atom. The van der Waals surface area contributed by atoms with Gasteiger partial charge in [-0.05, 0) is 36.4 Å². The molecule has 0 radical (unpaired) electrons. The monoisotopic (exact) mass is 352 g/mol. The van der Waals surface area contributed by atoms with Gasteiger partial charge in [-0.15, -0.1) is 0 Å². The minimum absolute atomic E-state index is 0.00211. The summed E-state index contributed by atoms with van der Waals surface area (Å²) in [7, 11) is 1.51. The van der Waals surface area contributed by atoms with E-state index in [-0.39, 0.29) is 11.3 Å². The maximum atomic E-state index is 13.4. The Bertz CT molecular complexity index is 1230. The van der Waals surface area contributed by atoms with Gasteiger partial charge < -0.3 is 14.8 Å². The van der Waals surface area contributed by atoms with E-state index >= 15 is 0 Å². The summed E-state index contributed by atoms with van der Waals surface area (Å²) in [6.07, 6.45) is 2.58. The van der Waals surface area contributed by atoms with Crippen molar-refractivity contribution in [1.82, 2.24) is 14.6 Å². The lowest BCUT2D eigenvalue weighted by Crippen LogP contribution is -2.17. The van der Waals surface area contributed by atoms with Crippen molar-refractivity contribution in [2.75, 3.05) is 7.11 Å². The number of aromatic hydroxyl groups is 1. The van der Waals surface area contributed by atoms with Crippen molar-refractivity contribution in [3.05, 3.63) is 64.5 Å². The van der Waals surface area contributed by atoms with Crippen molar-refractivity contribution in [2.24, 2.45) is 5.10 Å². The van der Waals surface area contributed by atoms with Crippen LogP contribution in [0, 0.1) is 5.82 Å². The maximum absolute atomic E-state index is 13.4. The summed E-state index contributed by atoms with van der Waals surface area (Å²) in [4.78, 5) is 19.7. The first-order chi connectivity index (χ1) is 12.6. The Labute approximate surface area is 146 Å². The highest BCUT2D eigenvalue weighted by atomic mass is 19.1. The van der Waals surface area contributed by atoms with Crippen molar-refractivity contribution in [1.29, 1.82) is 0 Å². The van der Waals surface area contributed by atoms with E-state index in [1.807, 2.05) is 0 Å². The van der Waals surface area contributed by atoms with E-state index in [1.54, 1.807) is 18.2 Å². The molecule has 4 rings (SSSR count). The zero-order chi connectivity index (χ0) is 18.3. The smallest absolute Gasteiger partial charge is 0.298 e. The van der Waals surface area contributed by atoms with Gasteiger partial charge >= 0.3 is 0 Å². The number of fused-ring (bicyclic) bond motifs is 3. The molecule has 8 heteroatoms. The quantitative estimate of drug-likeness (QED) is 0.554. The second-order valence-electron chi connectivity index (χ2n) is 5.60. The van der Waals surface area contributed by atoms with Crippen molar-refractivity contribution in [3.63, 3.8) is 0 Å². The molecule has 2 N–H and O–H groups in total. The summed E-state index contributed by atoms with van der Waals surface area (Å²) in [5, 5.41) is 14.5. The number of phenols is 1. The number of aromatic amines is 1. The van der Waals surface area contributed by atoms with Gasteiger partial charge in [0, 0.05) is 16.5 Å². The Kier molecular flexibility index (Phi) is 3.65. The van der Waals surface area contributed by atoms with Gasteiger partial charge in [-0.2, -0.15) is 9.78 Å². The summed E-state index contributed by atoms with van der Waals surface area (Å²) < 4.78 is 19.6. The van der Waals surface area contributed by atoms with Gasteiger partial charge in [-0.1, -0.05) is 0 Å². The van der Waals surface area contributed by atoms with Crippen LogP contribution in [0.25, 0.3) is 21.9 Å². The van der Waals surface area contributed by atoms with Gasteiger partial charge in [0.25, 0.3) is 5.56 Å². The number of hydrogen-bond donors (Lipinski definition) is 2. The highest BCUT2D eigenvalue weighted by Gasteiger charge is 2.11. The molecule has 0 aliphatic carbocycles. The minimum Gasteiger partial charge on any atom is -0.507 e. The Morgan fingerprint density at radius 2 is 2.15 bits per heavy atom. The van der Waals surface area contributed by atoms with Gasteiger partial charge in [0.05, 0.1) is 13.3 Å². The SMILES string of the molecule is COc1ccc(O)c(/C=N/n2cnc3c([nH]c4ccc(F)cc43)c2=O)c1. The van der Waals surface area contributed by atoms with E-state index in [0.717, 1.165) is 4.68 Å². The van der Waals surface area contributed by atoms with Crippen LogP contribution in [0.2, 0.25) is 0 Å². The number of halogens is 1. The van der Waals surface area contributed by atoms with Crippen LogP contribution < -0.4 is 10.3 Å². The Balaban J connectivity index is 1.82. The Morgan fingerprint density at radius 3 is 2.96 bits per heavy atom. The molecule has 0 bridgehead atoms. The van der Waals surface area contributed by atoms with E-state index in [9.17, 15) is 14.3 Å². The van der Waals surface area contributed by atoms with Crippen molar-refractivity contribution in [2.45, 2.75) is 0 Å². The summed E-state index contributed by atoms with van der Waals surface area (Å²) in [6, 6.07) is 8.84. The van der Waals surface area contributed by atoms with Crippen LogP contribution in [-0.2, 0) is 0 Å². The minimum atomic E-state index is -0.440. The average Bonchev–Trinajstić information content (AvgIpc) is 3.01. The number of benzene rings is 2. The molecule has 130 valence electrons. The summed E-state index contributed by atoms with van der Waals surface area (Å²) >= 11 is 0. The molecule has 0 spiro atoms. The summed E-state index contributed by atoms with van der Waals surface area (Å²) in [5.74, 6) is 0.136. The molecule has 2 aromatic carbocycles. The predicted octanol–water partition coefficient (Wildman–Crippen LogP) is 2.61. The second kappa shape index (κ2) is 5.99. The first-order valence-corrected chi connectivity index (χ1v) is 7.67. The van der Waals surface area contributed by atoms with Crippen LogP contribution in [0.5, 0.6) is 11.5 Å². The van der Waals surface area contributed by atoms with E-state index in [1.165, 1.54) is 37.9 Å². The zero-order valence-corrected chi connectivity index (χ0v) is 13.6. The number of nitrogens with zero attached hydrogens (tertiary/aromatic N) is 3. The van der Waals surface area contributed by atoms with Crippen molar-refractivity contribution < 1.29 is 14.2 Å². The lowest BCUT2D eigenvalue weighted by Gasteiger charge is -2.03. The molecule has 0 saturated carbocycles. The van der Waals surface area contributed by atoms with Gasteiger partial charge in [0.15, 0.2) is 0 Å². The number of hydrogen-bond acceptors (Lipinski definition) is 5.